The molecule has 0 amide bonds. The summed E-state index contributed by atoms with van der Waals surface area (Å²) in [6, 6.07) is 10.3. The molecule has 0 aliphatic rings. The Bertz CT molecular complexity index is 402. The molecule has 1 aromatic rings. The molecule has 0 atom stereocenters. The number of aryl methyl sites for hydroxylation is 1. The summed E-state index contributed by atoms with van der Waals surface area (Å²) < 4.78 is 4.99. The Kier molecular flexibility index (Phi) is 7.37. The lowest BCUT2D eigenvalue weighted by molar-refractivity contribution is -0.137. The van der Waals surface area contributed by atoms with E-state index in [1.807, 2.05) is 18.2 Å². The number of esters is 1. The minimum absolute atomic E-state index is 0.235. The predicted molar refractivity (Wildman–Crippen MR) is 81.2 cm³/mol. The predicted octanol–water partition coefficient (Wildman–Crippen LogP) is 3.06. The Morgan fingerprint density at radius 2 is 2.06 bits per heavy atom. The number of thioether (sulfide) groups is 1. The number of ether oxygens (including phenoxy) is 1. The summed E-state index contributed by atoms with van der Waals surface area (Å²) >= 11 is 6.36. The largest absolute Gasteiger partial charge is 0.461 e. The van der Waals surface area contributed by atoms with E-state index >= 15 is 0 Å². The fraction of sp³-hybridized carbons (Fsp3) is 0.286. The average molecular weight is 280 g/mol. The molecule has 0 fully saturated rings. The second-order valence-corrected chi connectivity index (χ2v) is 5.09. The number of hydrogen-bond acceptors (Lipinski definition) is 4. The third kappa shape index (κ3) is 5.98. The topological polar surface area (TPSA) is 26.3 Å². The van der Waals surface area contributed by atoms with Crippen LogP contribution in [0.2, 0.25) is 0 Å². The van der Waals surface area contributed by atoms with Crippen molar-refractivity contribution in [3.63, 3.8) is 0 Å². The van der Waals surface area contributed by atoms with Crippen LogP contribution < -0.4 is 0 Å². The van der Waals surface area contributed by atoms with E-state index in [9.17, 15) is 4.79 Å². The van der Waals surface area contributed by atoms with Crippen molar-refractivity contribution in [2.24, 2.45) is 0 Å². The van der Waals surface area contributed by atoms with Crippen molar-refractivity contribution in [3.8, 4) is 0 Å². The zero-order chi connectivity index (χ0) is 13.2. The molecule has 0 N–H and O–H groups in total. The molecule has 18 heavy (non-hydrogen) atoms. The van der Waals surface area contributed by atoms with Crippen LogP contribution in [-0.4, -0.2) is 29.4 Å². The minimum atomic E-state index is -0.423. The van der Waals surface area contributed by atoms with E-state index in [0.29, 0.717) is 6.61 Å². The van der Waals surface area contributed by atoms with Gasteiger partial charge in [0.25, 0.3) is 0 Å². The molecule has 0 aliphatic carbocycles. The van der Waals surface area contributed by atoms with Gasteiger partial charge in [0, 0.05) is 11.1 Å². The van der Waals surface area contributed by atoms with E-state index in [4.69, 9.17) is 4.74 Å². The maximum atomic E-state index is 11.2. The van der Waals surface area contributed by atoms with Gasteiger partial charge in [0.1, 0.15) is 6.61 Å². The van der Waals surface area contributed by atoms with Gasteiger partial charge < -0.3 is 4.74 Å². The first-order valence-corrected chi connectivity index (χ1v) is 7.29. The fourth-order valence-electron chi connectivity index (χ4n) is 1.27. The minimum Gasteiger partial charge on any atom is -0.461 e. The van der Waals surface area contributed by atoms with E-state index in [1.54, 1.807) is 11.8 Å². The maximum Gasteiger partial charge on any atom is 0.338 e. The highest BCUT2D eigenvalue weighted by atomic mass is 32.2. The van der Waals surface area contributed by atoms with Crippen molar-refractivity contribution in [1.29, 1.82) is 0 Å². The number of hydrogen-bond donors (Lipinski definition) is 0. The van der Waals surface area contributed by atoms with Gasteiger partial charge in [0.15, 0.2) is 0 Å². The molecule has 0 aromatic heterocycles. The lowest BCUT2D eigenvalue weighted by Gasteiger charge is -2.04. The monoisotopic (exact) mass is 280 g/mol. The second-order valence-electron chi connectivity index (χ2n) is 3.63. The summed E-state index contributed by atoms with van der Waals surface area (Å²) in [5.41, 5.74) is 1.57. The maximum absolute atomic E-state index is 11.2. The molecule has 1 aromatic carbocycles. The molecule has 0 heterocycles. The van der Waals surface area contributed by atoms with Crippen molar-refractivity contribution >= 4 is 35.3 Å². The molecule has 0 saturated heterocycles. The third-order valence-electron chi connectivity index (χ3n) is 2.24. The Morgan fingerprint density at radius 3 is 2.72 bits per heavy atom. The highest BCUT2D eigenvalue weighted by molar-refractivity contribution is 7.99. The van der Waals surface area contributed by atoms with Crippen molar-refractivity contribution < 1.29 is 9.53 Å². The highest BCUT2D eigenvalue weighted by Gasteiger charge is 2.04. The summed E-state index contributed by atoms with van der Waals surface area (Å²) in [5.74, 6) is 1.40. The summed E-state index contributed by atoms with van der Waals surface area (Å²) in [4.78, 5) is 11.2. The van der Waals surface area contributed by atoms with Gasteiger partial charge in [-0.1, -0.05) is 49.1 Å². The van der Waals surface area contributed by atoms with E-state index < -0.39 is 5.97 Å². The van der Waals surface area contributed by atoms with Crippen LogP contribution in [0, 0.1) is 0 Å². The number of benzene rings is 1. The van der Waals surface area contributed by atoms with Crippen LogP contribution in [0.25, 0.3) is 0 Å². The molecule has 0 saturated carbocycles. The molecule has 0 radical (unpaired) electrons. The Morgan fingerprint density at radius 1 is 1.33 bits per heavy atom. The Hall–Kier alpha value is -1.13. The van der Waals surface area contributed by atoms with Crippen LogP contribution in [0.1, 0.15) is 5.56 Å². The van der Waals surface area contributed by atoms with Crippen LogP contribution in [0.3, 0.4) is 0 Å². The molecule has 2 nitrogen and oxygen atoms in total. The highest BCUT2D eigenvalue weighted by Crippen LogP contribution is 2.07. The van der Waals surface area contributed by atoms with Crippen LogP contribution in [0.5, 0.6) is 0 Å². The molecule has 0 bridgehead atoms. The zero-order valence-electron chi connectivity index (χ0n) is 10.1. The summed E-state index contributed by atoms with van der Waals surface area (Å²) in [7, 11) is 0. The van der Waals surface area contributed by atoms with Gasteiger partial charge in [-0.2, -0.15) is 11.8 Å². The molecular formula is C14H16O2S2. The lowest BCUT2D eigenvalue weighted by atomic mass is 10.2. The van der Waals surface area contributed by atoms with Gasteiger partial charge in [-0.3, -0.25) is 0 Å². The first kappa shape index (κ1) is 14.9. The van der Waals surface area contributed by atoms with E-state index in [-0.39, 0.29) is 5.57 Å². The Labute approximate surface area is 117 Å². The molecule has 96 valence electrons. The van der Waals surface area contributed by atoms with Crippen molar-refractivity contribution in [1.82, 2.24) is 0 Å². The zero-order valence-corrected chi connectivity index (χ0v) is 11.8. The first-order chi connectivity index (χ1) is 8.74. The van der Waals surface area contributed by atoms with Gasteiger partial charge in [-0.25, -0.2) is 4.79 Å². The average Bonchev–Trinajstić information content (AvgIpc) is 2.42. The van der Waals surface area contributed by atoms with Crippen molar-refractivity contribution in [2.75, 3.05) is 18.1 Å². The van der Waals surface area contributed by atoms with Crippen LogP contribution >= 0.6 is 24.0 Å². The lowest BCUT2D eigenvalue weighted by Crippen LogP contribution is -2.10. The van der Waals surface area contributed by atoms with Crippen molar-refractivity contribution in [3.05, 3.63) is 48.0 Å². The van der Waals surface area contributed by atoms with Gasteiger partial charge in [-0.15, -0.1) is 0 Å². The third-order valence-corrected chi connectivity index (χ3v) is 3.48. The van der Waals surface area contributed by atoms with Crippen LogP contribution in [0.15, 0.2) is 42.5 Å². The molecular weight excluding hydrogens is 264 g/mol. The number of thiocarbonyl (C=S) groups is 1. The summed E-state index contributed by atoms with van der Waals surface area (Å²) in [5, 5.41) is 1.24. The second kappa shape index (κ2) is 8.89. The summed E-state index contributed by atoms with van der Waals surface area (Å²) in [6.45, 7) is 3.89. The molecule has 4 heteroatoms. The number of carbonyl (C=O) groups excluding carboxylic acids is 1. The summed E-state index contributed by atoms with van der Waals surface area (Å²) in [6.07, 6.45) is 1.03. The molecule has 0 unspecified atom stereocenters. The van der Waals surface area contributed by atoms with Crippen molar-refractivity contribution in [2.45, 2.75) is 6.42 Å². The van der Waals surface area contributed by atoms with E-state index in [0.717, 1.165) is 17.9 Å². The molecule has 1 rings (SSSR count). The van der Waals surface area contributed by atoms with Gasteiger partial charge >= 0.3 is 5.97 Å². The van der Waals surface area contributed by atoms with Gasteiger partial charge in [0.05, 0.1) is 5.57 Å². The first-order valence-electron chi connectivity index (χ1n) is 5.67. The molecule has 0 spiro atoms. The van der Waals surface area contributed by atoms with Crippen LogP contribution in [-0.2, 0) is 16.0 Å². The van der Waals surface area contributed by atoms with E-state index in [2.05, 4.69) is 30.9 Å². The van der Waals surface area contributed by atoms with Gasteiger partial charge in [-0.05, 0) is 17.7 Å². The van der Waals surface area contributed by atoms with Gasteiger partial charge in [0.2, 0.25) is 0 Å². The molecule has 0 aliphatic heterocycles. The standard InChI is InChI=1S/C14H16O2S2/c1-12(11-17)14(15)16-8-10-18-9-7-13-5-3-2-4-6-13/h2-6,11H,1,7-10H2. The fourth-order valence-corrected chi connectivity index (χ4v) is 2.15. The number of carbonyl (C=O) groups is 1. The number of rotatable bonds is 8. The quantitative estimate of drug-likeness (QED) is 0.316. The van der Waals surface area contributed by atoms with Crippen LogP contribution in [0.4, 0.5) is 0 Å². The smallest absolute Gasteiger partial charge is 0.338 e. The SMILES string of the molecule is C=C(C=S)C(=O)OCCSCCc1ccccc1. The normalized spacial score (nSPS) is 9.78. The van der Waals surface area contributed by atoms with E-state index in [1.165, 1.54) is 10.9 Å². The Balaban J connectivity index is 2.04.